The summed E-state index contributed by atoms with van der Waals surface area (Å²) >= 11 is 4.98. The number of rotatable bonds is 4. The van der Waals surface area contributed by atoms with Gasteiger partial charge in [-0.3, -0.25) is 9.59 Å². The Labute approximate surface area is 83.7 Å². The predicted molar refractivity (Wildman–Crippen MR) is 43.5 cm³/mol. The van der Waals surface area contributed by atoms with Crippen molar-refractivity contribution < 1.29 is 29.0 Å². The number of carboxylic acid groups (broad SMARTS) is 1. The van der Waals surface area contributed by atoms with Crippen molar-refractivity contribution in [2.75, 3.05) is 6.07 Å². The molecule has 7 nitrogen and oxygen atoms in total. The Balaban J connectivity index is 3.86. The fourth-order valence-electron chi connectivity index (χ4n) is 0.475. The highest BCUT2D eigenvalue weighted by Crippen LogP contribution is 1.95. The Bertz CT molecular complexity index is 242. The summed E-state index contributed by atoms with van der Waals surface area (Å²) in [5, 5.41) is 8.30. The van der Waals surface area contributed by atoms with Gasteiger partial charge in [0.05, 0.1) is 6.42 Å². The van der Waals surface area contributed by atoms with Gasteiger partial charge in [-0.1, -0.05) is 11.6 Å². The van der Waals surface area contributed by atoms with Crippen molar-refractivity contribution in [3.63, 3.8) is 0 Å². The van der Waals surface area contributed by atoms with E-state index in [1.807, 2.05) is 0 Å². The summed E-state index contributed by atoms with van der Waals surface area (Å²) in [4.78, 5) is 31.4. The maximum Gasteiger partial charge on any atom is 0.517 e. The summed E-state index contributed by atoms with van der Waals surface area (Å²) in [6, 6.07) is -1.87. The van der Waals surface area contributed by atoms with Crippen molar-refractivity contribution in [3.8, 4) is 0 Å². The van der Waals surface area contributed by atoms with E-state index in [0.717, 1.165) is 0 Å². The molecule has 0 saturated heterocycles. The third kappa shape index (κ3) is 5.33. The fourth-order valence-corrected chi connectivity index (χ4v) is 0.565. The number of nitrogens with two attached hydrogens (primary N) is 1. The van der Waals surface area contributed by atoms with Crippen LogP contribution in [0.3, 0.4) is 0 Å². The molecule has 0 spiro atoms. The van der Waals surface area contributed by atoms with Crippen LogP contribution in [0.1, 0.15) is 6.42 Å². The average molecular weight is 226 g/mol. The first-order chi connectivity index (χ1) is 6.47. The highest BCUT2D eigenvalue weighted by atomic mass is 35.5. The largest absolute Gasteiger partial charge is 0.517 e. The minimum absolute atomic E-state index is 0.461. The van der Waals surface area contributed by atoms with Gasteiger partial charge in [-0.25, -0.2) is 4.79 Å². The molecule has 14 heavy (non-hydrogen) atoms. The molecule has 0 radical (unpaired) electrons. The quantitative estimate of drug-likeness (QED) is 0.382. The number of hydrogen-bond acceptors (Lipinski definition) is 6. The smallest absolute Gasteiger partial charge is 0.480 e. The number of aliphatic carboxylic acids is 1. The molecule has 0 aromatic carbocycles. The number of carboxylic acids is 1. The standard InChI is InChI=1S/C6H8ClNO6/c7-2-13-6(12)14-4(9)1-3(8)5(10)11/h3H,1-2,8H2,(H,10,11). The number of alkyl halides is 1. The third-order valence-corrected chi connectivity index (χ3v) is 1.18. The van der Waals surface area contributed by atoms with Crippen LogP contribution in [0.15, 0.2) is 0 Å². The van der Waals surface area contributed by atoms with E-state index < -0.39 is 36.6 Å². The van der Waals surface area contributed by atoms with E-state index >= 15 is 0 Å². The normalized spacial score (nSPS) is 11.6. The van der Waals surface area contributed by atoms with Crippen molar-refractivity contribution in [3.05, 3.63) is 0 Å². The predicted octanol–water partition coefficient (Wildman–Crippen LogP) is -0.336. The Hall–Kier alpha value is -1.34. The summed E-state index contributed by atoms with van der Waals surface area (Å²) in [7, 11) is 0. The highest BCUT2D eigenvalue weighted by Gasteiger charge is 2.19. The second kappa shape index (κ2) is 6.17. The van der Waals surface area contributed by atoms with Crippen molar-refractivity contribution in [1.29, 1.82) is 0 Å². The van der Waals surface area contributed by atoms with E-state index in [0.29, 0.717) is 0 Å². The van der Waals surface area contributed by atoms with Crippen molar-refractivity contribution in [2.24, 2.45) is 5.73 Å². The molecule has 0 aliphatic carbocycles. The Morgan fingerprint density at radius 3 is 2.43 bits per heavy atom. The second-order valence-corrected chi connectivity index (χ2v) is 2.34. The molecule has 0 heterocycles. The van der Waals surface area contributed by atoms with Crippen LogP contribution in [0.25, 0.3) is 0 Å². The number of ether oxygens (including phenoxy) is 2. The lowest BCUT2D eigenvalue weighted by Crippen LogP contribution is -2.33. The molecule has 0 bridgehead atoms. The summed E-state index contributed by atoms with van der Waals surface area (Å²) in [5.41, 5.74) is 4.99. The Morgan fingerprint density at radius 2 is 2.00 bits per heavy atom. The molecule has 3 N–H and O–H groups in total. The Morgan fingerprint density at radius 1 is 1.43 bits per heavy atom. The molecule has 0 aliphatic rings. The van der Waals surface area contributed by atoms with E-state index in [4.69, 9.17) is 22.4 Å². The minimum atomic E-state index is -1.41. The van der Waals surface area contributed by atoms with Crippen LogP contribution in [0, 0.1) is 0 Å². The number of carbonyl (C=O) groups excluding carboxylic acids is 2. The topological polar surface area (TPSA) is 116 Å². The van der Waals surface area contributed by atoms with Crippen LogP contribution >= 0.6 is 11.6 Å². The first kappa shape index (κ1) is 12.7. The molecule has 0 amide bonds. The molecule has 0 saturated carbocycles. The molecule has 0 aromatic rings. The molecular formula is C6H8ClNO6. The van der Waals surface area contributed by atoms with Gasteiger partial charge in [0.1, 0.15) is 6.04 Å². The van der Waals surface area contributed by atoms with Crippen LogP contribution in [-0.4, -0.2) is 35.3 Å². The molecule has 1 atom stereocenters. The maximum atomic E-state index is 10.7. The average Bonchev–Trinajstić information content (AvgIpc) is 2.03. The number of carbonyl (C=O) groups is 3. The molecule has 8 heteroatoms. The summed E-state index contributed by atoms with van der Waals surface area (Å²) in [6.45, 7) is 0. The lowest BCUT2D eigenvalue weighted by molar-refractivity contribution is -0.146. The van der Waals surface area contributed by atoms with Crippen LogP contribution in [0.4, 0.5) is 4.79 Å². The van der Waals surface area contributed by atoms with E-state index in [1.54, 1.807) is 0 Å². The Kier molecular flexibility index (Phi) is 5.58. The molecule has 0 aliphatic heterocycles. The molecule has 80 valence electrons. The SMILES string of the molecule is NC(CC(=O)OC(=O)OCCl)C(=O)O. The van der Waals surface area contributed by atoms with Crippen LogP contribution in [0.5, 0.6) is 0 Å². The van der Waals surface area contributed by atoms with Crippen LogP contribution < -0.4 is 5.73 Å². The lowest BCUT2D eigenvalue weighted by atomic mass is 10.2. The number of hydrogen-bond donors (Lipinski definition) is 2. The van der Waals surface area contributed by atoms with Gasteiger partial charge in [0.2, 0.25) is 0 Å². The van der Waals surface area contributed by atoms with E-state index in [2.05, 4.69) is 9.47 Å². The molecule has 0 fully saturated rings. The van der Waals surface area contributed by atoms with Gasteiger partial charge in [0.25, 0.3) is 0 Å². The van der Waals surface area contributed by atoms with Crippen molar-refractivity contribution >= 4 is 29.7 Å². The van der Waals surface area contributed by atoms with E-state index in [1.165, 1.54) is 0 Å². The number of halogens is 1. The van der Waals surface area contributed by atoms with Gasteiger partial charge in [0, 0.05) is 0 Å². The minimum Gasteiger partial charge on any atom is -0.480 e. The summed E-state index contributed by atoms with van der Waals surface area (Å²) < 4.78 is 8.03. The summed E-state index contributed by atoms with van der Waals surface area (Å²) in [5.74, 6) is -2.46. The van der Waals surface area contributed by atoms with Crippen molar-refractivity contribution in [2.45, 2.75) is 12.5 Å². The van der Waals surface area contributed by atoms with Crippen LogP contribution in [-0.2, 0) is 19.1 Å². The highest BCUT2D eigenvalue weighted by molar-refractivity contribution is 6.17. The zero-order valence-electron chi connectivity index (χ0n) is 6.94. The zero-order valence-corrected chi connectivity index (χ0v) is 7.69. The summed E-state index contributed by atoms with van der Waals surface area (Å²) in [6.07, 6.45) is -1.91. The third-order valence-electron chi connectivity index (χ3n) is 1.07. The molecular weight excluding hydrogens is 218 g/mol. The van der Waals surface area contributed by atoms with Gasteiger partial charge in [-0.2, -0.15) is 0 Å². The number of esters is 1. The lowest BCUT2D eigenvalue weighted by Gasteiger charge is -2.04. The maximum absolute atomic E-state index is 10.7. The van der Waals surface area contributed by atoms with Gasteiger partial charge >= 0.3 is 18.1 Å². The van der Waals surface area contributed by atoms with Crippen LogP contribution in [0.2, 0.25) is 0 Å². The van der Waals surface area contributed by atoms with Crippen molar-refractivity contribution in [1.82, 2.24) is 0 Å². The molecule has 0 rings (SSSR count). The first-order valence-corrected chi connectivity index (χ1v) is 3.92. The fraction of sp³-hybridized carbons (Fsp3) is 0.500. The monoisotopic (exact) mass is 225 g/mol. The molecule has 1 unspecified atom stereocenters. The van der Waals surface area contributed by atoms with Gasteiger partial charge < -0.3 is 20.3 Å². The van der Waals surface area contributed by atoms with Gasteiger partial charge in [-0.15, -0.1) is 0 Å². The van der Waals surface area contributed by atoms with Gasteiger partial charge in [-0.05, 0) is 0 Å². The molecule has 0 aromatic heterocycles. The van der Waals surface area contributed by atoms with E-state index in [-0.39, 0.29) is 0 Å². The van der Waals surface area contributed by atoms with E-state index in [9.17, 15) is 14.4 Å². The zero-order chi connectivity index (χ0) is 11.1. The second-order valence-electron chi connectivity index (χ2n) is 2.13. The first-order valence-electron chi connectivity index (χ1n) is 3.39. The van der Waals surface area contributed by atoms with Gasteiger partial charge in [0.15, 0.2) is 6.07 Å².